The lowest BCUT2D eigenvalue weighted by Crippen LogP contribution is -2.52. The first-order valence-corrected chi connectivity index (χ1v) is 8.10. The molecule has 1 aromatic rings. The van der Waals surface area contributed by atoms with Gasteiger partial charge < -0.3 is 20.3 Å². The topological polar surface area (TPSA) is 75.9 Å². The van der Waals surface area contributed by atoms with Gasteiger partial charge in [0, 0.05) is 19.6 Å². The lowest BCUT2D eigenvalue weighted by atomic mass is 10.0. The van der Waals surface area contributed by atoms with Crippen LogP contribution in [0.1, 0.15) is 25.3 Å². The largest absolute Gasteiger partial charge is 0.445 e. The monoisotopic (exact) mass is 319 g/mol. The van der Waals surface area contributed by atoms with Crippen LogP contribution in [0.5, 0.6) is 0 Å². The van der Waals surface area contributed by atoms with Crippen LogP contribution in [0.2, 0.25) is 0 Å². The van der Waals surface area contributed by atoms with Crippen LogP contribution in [0.25, 0.3) is 0 Å². The first-order chi connectivity index (χ1) is 11.2. The van der Waals surface area contributed by atoms with Crippen LogP contribution in [-0.2, 0) is 16.1 Å². The molecule has 0 radical (unpaired) electrons. The maximum Gasteiger partial charge on any atom is 0.410 e. The van der Waals surface area contributed by atoms with E-state index in [-0.39, 0.29) is 31.2 Å². The number of carbonyl (C=O) groups excluding carboxylic acids is 2. The molecule has 1 saturated heterocycles. The third-order valence-corrected chi connectivity index (χ3v) is 4.14. The van der Waals surface area contributed by atoms with Gasteiger partial charge in [0.15, 0.2) is 0 Å². The van der Waals surface area contributed by atoms with Gasteiger partial charge in [-0.15, -0.1) is 0 Å². The van der Waals surface area contributed by atoms with Gasteiger partial charge in [0.2, 0.25) is 5.91 Å². The number of likely N-dealkylation sites (tertiary alicyclic amines) is 1. The number of nitrogens with zero attached hydrogens (tertiary/aromatic N) is 2. The Labute approximate surface area is 137 Å². The van der Waals surface area contributed by atoms with E-state index < -0.39 is 0 Å². The Balaban J connectivity index is 1.92. The highest BCUT2D eigenvalue weighted by Gasteiger charge is 2.30. The Kier molecular flexibility index (Phi) is 6.40. The molecule has 1 aromatic carbocycles. The van der Waals surface area contributed by atoms with Gasteiger partial charge in [-0.1, -0.05) is 30.3 Å². The van der Waals surface area contributed by atoms with Crippen molar-refractivity contribution < 1.29 is 14.3 Å². The van der Waals surface area contributed by atoms with E-state index in [0.717, 1.165) is 18.4 Å². The van der Waals surface area contributed by atoms with Gasteiger partial charge >= 0.3 is 6.09 Å². The predicted octanol–water partition coefficient (Wildman–Crippen LogP) is 1.59. The fourth-order valence-electron chi connectivity index (χ4n) is 2.90. The maximum atomic E-state index is 12.4. The molecular weight excluding hydrogens is 294 g/mol. The van der Waals surface area contributed by atoms with E-state index in [2.05, 4.69) is 0 Å². The normalized spacial score (nSPS) is 17.7. The zero-order valence-corrected chi connectivity index (χ0v) is 13.6. The summed E-state index contributed by atoms with van der Waals surface area (Å²) in [6.07, 6.45) is 1.42. The van der Waals surface area contributed by atoms with Gasteiger partial charge in [0.25, 0.3) is 0 Å². The van der Waals surface area contributed by atoms with Gasteiger partial charge in [-0.05, 0) is 25.3 Å². The molecule has 6 heteroatoms. The summed E-state index contributed by atoms with van der Waals surface area (Å²) in [6, 6.07) is 9.59. The van der Waals surface area contributed by atoms with Crippen molar-refractivity contribution in [1.29, 1.82) is 0 Å². The van der Waals surface area contributed by atoms with Crippen molar-refractivity contribution in [2.45, 2.75) is 32.4 Å². The summed E-state index contributed by atoms with van der Waals surface area (Å²) in [5.41, 5.74) is 6.39. The minimum Gasteiger partial charge on any atom is -0.445 e. The number of hydrogen-bond acceptors (Lipinski definition) is 4. The number of benzene rings is 1. The molecule has 1 aliphatic rings. The van der Waals surface area contributed by atoms with Gasteiger partial charge in [0.05, 0.1) is 12.6 Å². The first kappa shape index (κ1) is 17.3. The average molecular weight is 319 g/mol. The standard InChI is InChI=1S/C17H25N3O3/c1-2-20(15-9-6-10-19(12-15)16(21)11-18)17(22)23-13-14-7-4-3-5-8-14/h3-5,7-8,15H,2,6,9-13,18H2,1H3/t15-/m1/s1. The number of amides is 2. The van der Waals surface area contributed by atoms with Crippen LogP contribution in [0.3, 0.4) is 0 Å². The summed E-state index contributed by atoms with van der Waals surface area (Å²) in [5, 5.41) is 0. The number of rotatable bonds is 5. The van der Waals surface area contributed by atoms with Gasteiger partial charge in [0.1, 0.15) is 6.61 Å². The third kappa shape index (κ3) is 4.69. The van der Waals surface area contributed by atoms with Crippen molar-refractivity contribution in [3.63, 3.8) is 0 Å². The Morgan fingerprint density at radius 2 is 2.09 bits per heavy atom. The molecule has 0 aliphatic carbocycles. The first-order valence-electron chi connectivity index (χ1n) is 8.10. The quantitative estimate of drug-likeness (QED) is 0.894. The van der Waals surface area contributed by atoms with Crippen LogP contribution in [0.4, 0.5) is 4.79 Å². The van der Waals surface area contributed by atoms with Crippen LogP contribution in [-0.4, -0.2) is 54.0 Å². The maximum absolute atomic E-state index is 12.4. The number of hydrogen-bond donors (Lipinski definition) is 1. The Morgan fingerprint density at radius 3 is 2.74 bits per heavy atom. The van der Waals surface area contributed by atoms with Crippen molar-refractivity contribution in [2.24, 2.45) is 5.73 Å². The van der Waals surface area contributed by atoms with E-state index in [9.17, 15) is 9.59 Å². The fourth-order valence-corrected chi connectivity index (χ4v) is 2.90. The van der Waals surface area contributed by atoms with Gasteiger partial charge in [-0.2, -0.15) is 0 Å². The number of ether oxygens (including phenoxy) is 1. The van der Waals surface area contributed by atoms with E-state index in [0.29, 0.717) is 19.6 Å². The van der Waals surface area contributed by atoms with E-state index in [1.54, 1.807) is 9.80 Å². The van der Waals surface area contributed by atoms with Crippen molar-refractivity contribution in [2.75, 3.05) is 26.2 Å². The zero-order valence-electron chi connectivity index (χ0n) is 13.6. The van der Waals surface area contributed by atoms with E-state index in [1.807, 2.05) is 37.3 Å². The Morgan fingerprint density at radius 1 is 1.35 bits per heavy atom. The van der Waals surface area contributed by atoms with Crippen LogP contribution in [0.15, 0.2) is 30.3 Å². The molecule has 0 saturated carbocycles. The summed E-state index contributed by atoms with van der Waals surface area (Å²) in [5.74, 6) is -0.0663. The molecule has 1 heterocycles. The van der Waals surface area contributed by atoms with E-state index in [4.69, 9.17) is 10.5 Å². The van der Waals surface area contributed by atoms with Crippen molar-refractivity contribution >= 4 is 12.0 Å². The summed E-state index contributed by atoms with van der Waals surface area (Å²) in [7, 11) is 0. The minimum atomic E-state index is -0.330. The van der Waals surface area contributed by atoms with Crippen molar-refractivity contribution in [3.05, 3.63) is 35.9 Å². The summed E-state index contributed by atoms with van der Waals surface area (Å²) < 4.78 is 5.42. The zero-order chi connectivity index (χ0) is 16.7. The molecule has 1 aliphatic heterocycles. The highest BCUT2D eigenvalue weighted by atomic mass is 16.6. The second-order valence-corrected chi connectivity index (χ2v) is 5.67. The molecule has 1 atom stereocenters. The second-order valence-electron chi connectivity index (χ2n) is 5.67. The lowest BCUT2D eigenvalue weighted by molar-refractivity contribution is -0.131. The van der Waals surface area contributed by atoms with E-state index >= 15 is 0 Å². The molecule has 0 aromatic heterocycles. The van der Waals surface area contributed by atoms with Crippen LogP contribution in [0, 0.1) is 0 Å². The molecule has 2 N–H and O–H groups in total. The minimum absolute atomic E-state index is 0.00692. The summed E-state index contributed by atoms with van der Waals surface area (Å²) in [4.78, 5) is 27.6. The van der Waals surface area contributed by atoms with Crippen molar-refractivity contribution in [1.82, 2.24) is 9.80 Å². The molecule has 2 amide bonds. The second kappa shape index (κ2) is 8.53. The SMILES string of the molecule is CCN(C(=O)OCc1ccccc1)[C@@H]1CCCN(C(=O)CN)C1. The third-order valence-electron chi connectivity index (χ3n) is 4.14. The highest BCUT2D eigenvalue weighted by Crippen LogP contribution is 2.17. The number of nitrogens with two attached hydrogens (primary N) is 1. The highest BCUT2D eigenvalue weighted by molar-refractivity contribution is 5.78. The van der Waals surface area contributed by atoms with Gasteiger partial charge in [-0.25, -0.2) is 4.79 Å². The number of likely N-dealkylation sites (N-methyl/N-ethyl adjacent to an activating group) is 1. The predicted molar refractivity (Wildman–Crippen MR) is 87.7 cm³/mol. The molecule has 0 spiro atoms. The van der Waals surface area contributed by atoms with Crippen LogP contribution < -0.4 is 5.73 Å². The van der Waals surface area contributed by atoms with Crippen molar-refractivity contribution in [3.8, 4) is 0 Å². The molecule has 23 heavy (non-hydrogen) atoms. The molecular formula is C17H25N3O3. The lowest BCUT2D eigenvalue weighted by Gasteiger charge is -2.38. The molecule has 0 bridgehead atoms. The fraction of sp³-hybridized carbons (Fsp3) is 0.529. The molecule has 6 nitrogen and oxygen atoms in total. The molecule has 0 unspecified atom stereocenters. The number of carbonyl (C=O) groups is 2. The summed E-state index contributed by atoms with van der Waals surface area (Å²) in [6.45, 7) is 4.00. The molecule has 2 rings (SSSR count). The Bertz CT molecular complexity index is 521. The Hall–Kier alpha value is -2.08. The summed E-state index contributed by atoms with van der Waals surface area (Å²) >= 11 is 0. The number of piperidine rings is 1. The molecule has 1 fully saturated rings. The van der Waals surface area contributed by atoms with Gasteiger partial charge in [-0.3, -0.25) is 4.79 Å². The molecule has 126 valence electrons. The smallest absolute Gasteiger partial charge is 0.410 e. The van der Waals surface area contributed by atoms with Crippen LogP contribution >= 0.6 is 0 Å². The van der Waals surface area contributed by atoms with E-state index in [1.165, 1.54) is 0 Å². The average Bonchev–Trinajstić information content (AvgIpc) is 2.61.